The summed E-state index contributed by atoms with van der Waals surface area (Å²) in [6.07, 6.45) is 6.62. The zero-order valence-corrected chi connectivity index (χ0v) is 14.0. The molecule has 3 aliphatic carbocycles. The fourth-order valence-corrected chi connectivity index (χ4v) is 5.76. The van der Waals surface area contributed by atoms with E-state index >= 15 is 0 Å². The topological polar surface area (TPSA) is 46.5 Å². The summed E-state index contributed by atoms with van der Waals surface area (Å²) in [5.74, 6) is 2.41. The summed E-state index contributed by atoms with van der Waals surface area (Å²) in [7, 11) is 0. The second-order valence-corrected chi connectivity index (χ2v) is 8.01. The molecular weight excluding hydrogens is 288 g/mol. The zero-order valence-electron chi connectivity index (χ0n) is 14.0. The Morgan fingerprint density at radius 2 is 2.09 bits per heavy atom. The molecule has 23 heavy (non-hydrogen) atoms. The van der Waals surface area contributed by atoms with E-state index < -0.39 is 0 Å². The van der Waals surface area contributed by atoms with E-state index in [4.69, 9.17) is 4.74 Å². The normalized spacial score (nSPS) is 38.4. The molecule has 0 bridgehead atoms. The molecule has 0 aliphatic heterocycles. The van der Waals surface area contributed by atoms with Crippen molar-refractivity contribution in [1.82, 2.24) is 0 Å². The van der Waals surface area contributed by atoms with Crippen LogP contribution in [0.4, 0.5) is 0 Å². The third-order valence-electron chi connectivity index (χ3n) is 6.91. The maximum atomic E-state index is 11.2. The Balaban J connectivity index is 1.63. The van der Waals surface area contributed by atoms with Gasteiger partial charge in [-0.2, -0.15) is 0 Å². The van der Waals surface area contributed by atoms with E-state index in [0.29, 0.717) is 23.5 Å². The Bertz CT molecular complexity index is 638. The van der Waals surface area contributed by atoms with Crippen LogP contribution < -0.4 is 4.74 Å². The first-order valence-electron chi connectivity index (χ1n) is 8.98. The molecule has 2 saturated carbocycles. The molecule has 2 fully saturated rings. The maximum absolute atomic E-state index is 11.2. The number of hydrogen-bond acceptors (Lipinski definition) is 3. The highest BCUT2D eigenvalue weighted by molar-refractivity contribution is 5.69. The van der Waals surface area contributed by atoms with Crippen molar-refractivity contribution < 1.29 is 14.6 Å². The number of aliphatic hydroxyl groups excluding tert-OH is 1. The monoisotopic (exact) mass is 314 g/mol. The number of carbonyl (C=O) groups is 1. The van der Waals surface area contributed by atoms with Gasteiger partial charge in [0.05, 0.1) is 6.10 Å². The molecular formula is C20H26O3. The van der Waals surface area contributed by atoms with Gasteiger partial charge in [-0.3, -0.25) is 4.79 Å². The minimum atomic E-state index is -0.257. The summed E-state index contributed by atoms with van der Waals surface area (Å²) in [4.78, 5) is 11.2. The average Bonchev–Trinajstić information content (AvgIpc) is 2.82. The lowest BCUT2D eigenvalue weighted by atomic mass is 9.55. The third-order valence-corrected chi connectivity index (χ3v) is 6.91. The Morgan fingerprint density at radius 1 is 1.26 bits per heavy atom. The standard InChI is InChI=1S/C20H26O3/c1-12(21)23-14-4-6-15-13(11-14)3-5-17-16(15)9-10-20(2)18(17)7-8-19(20)22/h4,6,11,16-19,22H,3,5,7-10H2,1-2H3. The van der Waals surface area contributed by atoms with Gasteiger partial charge < -0.3 is 9.84 Å². The quantitative estimate of drug-likeness (QED) is 0.633. The highest BCUT2D eigenvalue weighted by atomic mass is 16.5. The Hall–Kier alpha value is -1.35. The molecule has 1 N–H and O–H groups in total. The van der Waals surface area contributed by atoms with Crippen LogP contribution in [0.3, 0.4) is 0 Å². The van der Waals surface area contributed by atoms with Crippen molar-refractivity contribution in [1.29, 1.82) is 0 Å². The van der Waals surface area contributed by atoms with Gasteiger partial charge in [0.15, 0.2) is 0 Å². The number of ether oxygens (including phenoxy) is 1. The van der Waals surface area contributed by atoms with Crippen molar-refractivity contribution in [3.63, 3.8) is 0 Å². The van der Waals surface area contributed by atoms with Crippen LogP contribution in [0.5, 0.6) is 5.75 Å². The van der Waals surface area contributed by atoms with Crippen LogP contribution in [-0.4, -0.2) is 17.2 Å². The second kappa shape index (κ2) is 5.34. The van der Waals surface area contributed by atoms with Gasteiger partial charge >= 0.3 is 5.97 Å². The van der Waals surface area contributed by atoms with Gasteiger partial charge in [-0.25, -0.2) is 0 Å². The predicted molar refractivity (Wildman–Crippen MR) is 88.4 cm³/mol. The number of hydrogen-bond donors (Lipinski definition) is 1. The molecule has 1 aromatic carbocycles. The first-order chi connectivity index (χ1) is 11.0. The number of esters is 1. The molecule has 0 amide bonds. The highest BCUT2D eigenvalue weighted by Crippen LogP contribution is 2.60. The van der Waals surface area contributed by atoms with E-state index in [1.807, 2.05) is 6.07 Å². The van der Waals surface area contributed by atoms with Crippen molar-refractivity contribution in [2.45, 2.75) is 64.4 Å². The van der Waals surface area contributed by atoms with E-state index in [1.165, 1.54) is 37.3 Å². The summed E-state index contributed by atoms with van der Waals surface area (Å²) in [6, 6.07) is 6.18. The SMILES string of the molecule is CC(=O)Oc1ccc2c(c1)CCC1C2CCC2(C)C(O)CCC12. The van der Waals surface area contributed by atoms with Gasteiger partial charge in [-0.05, 0) is 85.0 Å². The lowest BCUT2D eigenvalue weighted by Crippen LogP contribution is -2.43. The molecule has 0 spiro atoms. The van der Waals surface area contributed by atoms with Crippen molar-refractivity contribution in [2.75, 3.05) is 0 Å². The molecule has 1 aromatic rings. The van der Waals surface area contributed by atoms with Crippen LogP contribution >= 0.6 is 0 Å². The number of carbonyl (C=O) groups excluding carboxylic acids is 1. The Kier molecular flexibility index (Phi) is 3.53. The lowest BCUT2D eigenvalue weighted by Gasteiger charge is -2.50. The van der Waals surface area contributed by atoms with E-state index in [2.05, 4.69) is 19.1 Å². The number of benzene rings is 1. The van der Waals surface area contributed by atoms with Crippen molar-refractivity contribution in [3.8, 4) is 5.75 Å². The van der Waals surface area contributed by atoms with Crippen LogP contribution in [0.2, 0.25) is 0 Å². The molecule has 0 heterocycles. The van der Waals surface area contributed by atoms with Crippen LogP contribution in [0.1, 0.15) is 63.0 Å². The predicted octanol–water partition coefficient (Wildman–Crippen LogP) is 3.83. The third kappa shape index (κ3) is 2.32. The number of aryl methyl sites for hydroxylation is 1. The number of fused-ring (bicyclic) bond motifs is 5. The van der Waals surface area contributed by atoms with Gasteiger partial charge in [-0.1, -0.05) is 13.0 Å². The molecule has 0 radical (unpaired) electrons. The molecule has 3 heteroatoms. The lowest BCUT2D eigenvalue weighted by molar-refractivity contribution is -0.131. The molecule has 5 unspecified atom stereocenters. The summed E-state index contributed by atoms with van der Waals surface area (Å²) in [6.45, 7) is 3.76. The summed E-state index contributed by atoms with van der Waals surface area (Å²) < 4.78 is 5.24. The fraction of sp³-hybridized carbons (Fsp3) is 0.650. The Morgan fingerprint density at radius 3 is 2.87 bits per heavy atom. The highest BCUT2D eigenvalue weighted by Gasteiger charge is 2.54. The van der Waals surface area contributed by atoms with E-state index in [-0.39, 0.29) is 17.5 Å². The molecule has 3 nitrogen and oxygen atoms in total. The number of aliphatic hydroxyl groups is 1. The molecule has 0 saturated heterocycles. The van der Waals surface area contributed by atoms with E-state index in [9.17, 15) is 9.90 Å². The van der Waals surface area contributed by atoms with E-state index in [0.717, 1.165) is 19.3 Å². The zero-order chi connectivity index (χ0) is 16.2. The molecule has 3 aliphatic rings. The summed E-state index contributed by atoms with van der Waals surface area (Å²) >= 11 is 0. The maximum Gasteiger partial charge on any atom is 0.308 e. The minimum absolute atomic E-state index is 0.110. The Labute approximate surface area is 138 Å². The minimum Gasteiger partial charge on any atom is -0.427 e. The summed E-state index contributed by atoms with van der Waals surface area (Å²) in [5.41, 5.74) is 2.95. The number of rotatable bonds is 1. The largest absolute Gasteiger partial charge is 0.427 e. The average molecular weight is 314 g/mol. The van der Waals surface area contributed by atoms with Crippen molar-refractivity contribution >= 4 is 5.97 Å². The molecule has 5 atom stereocenters. The van der Waals surface area contributed by atoms with Gasteiger partial charge in [0.25, 0.3) is 0 Å². The second-order valence-electron chi connectivity index (χ2n) is 8.01. The van der Waals surface area contributed by atoms with Crippen molar-refractivity contribution in [3.05, 3.63) is 29.3 Å². The smallest absolute Gasteiger partial charge is 0.308 e. The van der Waals surface area contributed by atoms with Crippen LogP contribution in [0.25, 0.3) is 0 Å². The van der Waals surface area contributed by atoms with E-state index in [1.54, 1.807) is 0 Å². The first kappa shape index (κ1) is 15.2. The van der Waals surface area contributed by atoms with Crippen molar-refractivity contribution in [2.24, 2.45) is 17.3 Å². The van der Waals surface area contributed by atoms with Crippen LogP contribution in [0, 0.1) is 17.3 Å². The van der Waals surface area contributed by atoms with Crippen LogP contribution in [0.15, 0.2) is 18.2 Å². The van der Waals surface area contributed by atoms with Crippen LogP contribution in [-0.2, 0) is 11.2 Å². The van der Waals surface area contributed by atoms with Gasteiger partial charge in [0.1, 0.15) is 5.75 Å². The van der Waals surface area contributed by atoms with Gasteiger partial charge in [0.2, 0.25) is 0 Å². The summed E-state index contributed by atoms with van der Waals surface area (Å²) in [5, 5.41) is 10.4. The molecule has 124 valence electrons. The van der Waals surface area contributed by atoms with Gasteiger partial charge in [-0.15, -0.1) is 0 Å². The van der Waals surface area contributed by atoms with Gasteiger partial charge in [0, 0.05) is 6.92 Å². The molecule has 4 rings (SSSR count). The fourth-order valence-electron chi connectivity index (χ4n) is 5.76. The first-order valence-corrected chi connectivity index (χ1v) is 8.98. The molecule has 0 aromatic heterocycles.